The quantitative estimate of drug-likeness (QED) is 0.555. The summed E-state index contributed by atoms with van der Waals surface area (Å²) in [5.74, 6) is 0. The second kappa shape index (κ2) is 3.82. The van der Waals surface area contributed by atoms with Crippen molar-refractivity contribution in [2.45, 2.75) is 19.4 Å². The highest BCUT2D eigenvalue weighted by Crippen LogP contribution is 2.05. The fraction of sp³-hybridized carbons (Fsp3) is 1.00. The largest absolute Gasteiger partial charge is 0.393 e. The Kier molecular flexibility index (Phi) is 3.77. The van der Waals surface area contributed by atoms with E-state index in [0.29, 0.717) is 13.2 Å². The van der Waals surface area contributed by atoms with Gasteiger partial charge >= 0.3 is 0 Å². The lowest BCUT2D eigenvalue weighted by Gasteiger charge is -2.24. The Morgan fingerprint density at radius 2 is 2.22 bits per heavy atom. The maximum Gasteiger partial charge on any atom is 0.100 e. The number of nitrogens with two attached hydrogens (primary N) is 1. The Morgan fingerprint density at radius 1 is 1.67 bits per heavy atom. The zero-order valence-corrected chi connectivity index (χ0v) is 6.05. The molecule has 0 bridgehead atoms. The van der Waals surface area contributed by atoms with Crippen LogP contribution in [0.5, 0.6) is 0 Å². The monoisotopic (exact) mass is 133 g/mol. The standard InChI is InChI=1S/C6H15NO2/c1-3-9-6(2,4-7)5-8/h8H,3-5,7H2,1-2H3. The normalized spacial score (nSPS) is 17.3. The molecule has 0 aliphatic carbocycles. The van der Waals surface area contributed by atoms with Gasteiger partial charge in [-0.1, -0.05) is 0 Å². The van der Waals surface area contributed by atoms with Crippen LogP contribution in [-0.2, 0) is 4.74 Å². The molecular weight excluding hydrogens is 118 g/mol. The van der Waals surface area contributed by atoms with Crippen molar-refractivity contribution < 1.29 is 9.84 Å². The molecule has 56 valence electrons. The second-order valence-corrected chi connectivity index (χ2v) is 2.25. The highest BCUT2D eigenvalue weighted by molar-refractivity contribution is 4.73. The van der Waals surface area contributed by atoms with Crippen molar-refractivity contribution in [2.75, 3.05) is 19.8 Å². The molecule has 1 unspecified atom stereocenters. The van der Waals surface area contributed by atoms with Gasteiger partial charge in [-0.05, 0) is 13.8 Å². The first-order valence-corrected chi connectivity index (χ1v) is 3.13. The number of aliphatic hydroxyl groups is 1. The molecule has 0 heterocycles. The van der Waals surface area contributed by atoms with Crippen LogP contribution in [0.3, 0.4) is 0 Å². The Balaban J connectivity index is 3.62. The molecular formula is C6H15NO2. The molecule has 0 aliphatic rings. The van der Waals surface area contributed by atoms with E-state index in [4.69, 9.17) is 15.6 Å². The van der Waals surface area contributed by atoms with Crippen LogP contribution in [0.2, 0.25) is 0 Å². The maximum atomic E-state index is 8.71. The smallest absolute Gasteiger partial charge is 0.100 e. The van der Waals surface area contributed by atoms with E-state index in [1.165, 1.54) is 0 Å². The van der Waals surface area contributed by atoms with Gasteiger partial charge < -0.3 is 15.6 Å². The minimum atomic E-state index is -0.533. The highest BCUT2D eigenvalue weighted by atomic mass is 16.5. The molecule has 0 aliphatic heterocycles. The molecule has 0 rings (SSSR count). The summed E-state index contributed by atoms with van der Waals surface area (Å²) in [6.07, 6.45) is 0. The molecule has 3 heteroatoms. The van der Waals surface area contributed by atoms with Crippen molar-refractivity contribution >= 4 is 0 Å². The van der Waals surface area contributed by atoms with Crippen LogP contribution >= 0.6 is 0 Å². The number of hydrogen-bond donors (Lipinski definition) is 2. The fourth-order valence-electron chi connectivity index (χ4n) is 0.518. The third-order valence-corrected chi connectivity index (χ3v) is 1.26. The molecule has 0 radical (unpaired) electrons. The first kappa shape index (κ1) is 8.88. The summed E-state index contributed by atoms with van der Waals surface area (Å²) in [7, 11) is 0. The molecule has 0 saturated carbocycles. The van der Waals surface area contributed by atoms with Gasteiger partial charge in [0.05, 0.1) is 6.61 Å². The Hall–Kier alpha value is -0.120. The van der Waals surface area contributed by atoms with E-state index in [9.17, 15) is 0 Å². The van der Waals surface area contributed by atoms with Gasteiger partial charge in [0.25, 0.3) is 0 Å². The molecule has 0 aromatic heterocycles. The van der Waals surface area contributed by atoms with Gasteiger partial charge in [-0.3, -0.25) is 0 Å². The average Bonchev–Trinajstić information content (AvgIpc) is 1.89. The van der Waals surface area contributed by atoms with Crippen molar-refractivity contribution in [1.82, 2.24) is 0 Å². The van der Waals surface area contributed by atoms with E-state index in [-0.39, 0.29) is 6.61 Å². The molecule has 0 amide bonds. The lowest BCUT2D eigenvalue weighted by atomic mass is 10.1. The molecule has 3 N–H and O–H groups in total. The lowest BCUT2D eigenvalue weighted by molar-refractivity contribution is -0.0544. The van der Waals surface area contributed by atoms with Gasteiger partial charge in [-0.2, -0.15) is 0 Å². The minimum Gasteiger partial charge on any atom is -0.393 e. The van der Waals surface area contributed by atoms with E-state index >= 15 is 0 Å². The van der Waals surface area contributed by atoms with E-state index in [0.717, 1.165) is 0 Å². The summed E-state index contributed by atoms with van der Waals surface area (Å²) < 4.78 is 5.15. The average molecular weight is 133 g/mol. The van der Waals surface area contributed by atoms with E-state index in [2.05, 4.69) is 0 Å². The van der Waals surface area contributed by atoms with Crippen LogP contribution in [0.4, 0.5) is 0 Å². The molecule has 0 aromatic rings. The van der Waals surface area contributed by atoms with Crippen LogP contribution in [-0.4, -0.2) is 30.5 Å². The van der Waals surface area contributed by atoms with Crippen LogP contribution in [0.25, 0.3) is 0 Å². The van der Waals surface area contributed by atoms with E-state index < -0.39 is 5.60 Å². The zero-order valence-electron chi connectivity index (χ0n) is 6.05. The predicted octanol–water partition coefficient (Wildman–Crippen LogP) is -0.267. The van der Waals surface area contributed by atoms with Crippen LogP contribution in [0.15, 0.2) is 0 Å². The molecule has 0 saturated heterocycles. The first-order chi connectivity index (χ1) is 4.18. The summed E-state index contributed by atoms with van der Waals surface area (Å²) in [5, 5.41) is 8.71. The van der Waals surface area contributed by atoms with Crippen LogP contribution < -0.4 is 5.73 Å². The van der Waals surface area contributed by atoms with Crippen molar-refractivity contribution in [3.63, 3.8) is 0 Å². The van der Waals surface area contributed by atoms with Crippen molar-refractivity contribution in [1.29, 1.82) is 0 Å². The Morgan fingerprint density at radius 3 is 2.33 bits per heavy atom. The maximum absolute atomic E-state index is 8.71. The van der Waals surface area contributed by atoms with Crippen molar-refractivity contribution in [2.24, 2.45) is 5.73 Å². The fourth-order valence-corrected chi connectivity index (χ4v) is 0.518. The second-order valence-electron chi connectivity index (χ2n) is 2.25. The highest BCUT2D eigenvalue weighted by Gasteiger charge is 2.20. The summed E-state index contributed by atoms with van der Waals surface area (Å²) in [6, 6.07) is 0. The van der Waals surface area contributed by atoms with Crippen molar-refractivity contribution in [3.8, 4) is 0 Å². The van der Waals surface area contributed by atoms with Gasteiger partial charge in [0, 0.05) is 13.2 Å². The summed E-state index contributed by atoms with van der Waals surface area (Å²) in [6.45, 7) is 4.60. The molecule has 1 atom stereocenters. The lowest BCUT2D eigenvalue weighted by Crippen LogP contribution is -2.41. The number of aliphatic hydroxyl groups excluding tert-OH is 1. The topological polar surface area (TPSA) is 55.5 Å². The van der Waals surface area contributed by atoms with Gasteiger partial charge in [-0.25, -0.2) is 0 Å². The Labute approximate surface area is 55.8 Å². The first-order valence-electron chi connectivity index (χ1n) is 3.13. The molecule has 9 heavy (non-hydrogen) atoms. The zero-order chi connectivity index (χ0) is 7.33. The third kappa shape index (κ3) is 2.79. The van der Waals surface area contributed by atoms with E-state index in [1.54, 1.807) is 6.92 Å². The Bertz CT molecular complexity index is 71.5. The predicted molar refractivity (Wildman–Crippen MR) is 36.2 cm³/mol. The number of hydrogen-bond acceptors (Lipinski definition) is 3. The van der Waals surface area contributed by atoms with Gasteiger partial charge in [0.2, 0.25) is 0 Å². The minimum absolute atomic E-state index is 0.0165. The van der Waals surface area contributed by atoms with Crippen LogP contribution in [0, 0.1) is 0 Å². The van der Waals surface area contributed by atoms with Gasteiger partial charge in [0.1, 0.15) is 5.60 Å². The van der Waals surface area contributed by atoms with Gasteiger partial charge in [-0.15, -0.1) is 0 Å². The SMILES string of the molecule is CCOC(C)(CN)CO. The van der Waals surface area contributed by atoms with Gasteiger partial charge in [0.15, 0.2) is 0 Å². The molecule has 0 spiro atoms. The summed E-state index contributed by atoms with van der Waals surface area (Å²) in [5.41, 5.74) is 4.79. The summed E-state index contributed by atoms with van der Waals surface area (Å²) >= 11 is 0. The van der Waals surface area contributed by atoms with Crippen LogP contribution in [0.1, 0.15) is 13.8 Å². The molecule has 0 aromatic carbocycles. The molecule has 3 nitrogen and oxygen atoms in total. The number of ether oxygens (including phenoxy) is 1. The third-order valence-electron chi connectivity index (χ3n) is 1.26. The molecule has 0 fully saturated rings. The van der Waals surface area contributed by atoms with E-state index in [1.807, 2.05) is 6.92 Å². The summed E-state index contributed by atoms with van der Waals surface area (Å²) in [4.78, 5) is 0. The number of rotatable bonds is 4. The van der Waals surface area contributed by atoms with Crippen molar-refractivity contribution in [3.05, 3.63) is 0 Å².